The quantitative estimate of drug-likeness (QED) is 0.536. The Kier molecular flexibility index (Phi) is 8.06. The third-order valence-electron chi connectivity index (χ3n) is 4.96. The first-order chi connectivity index (χ1) is 14.0. The van der Waals surface area contributed by atoms with E-state index in [2.05, 4.69) is 18.9 Å². The number of aromatic nitrogens is 2. The summed E-state index contributed by atoms with van der Waals surface area (Å²) in [6.45, 7) is 10.1. The van der Waals surface area contributed by atoms with Gasteiger partial charge in [-0.3, -0.25) is 9.48 Å². The zero-order valence-corrected chi connectivity index (χ0v) is 19.6. The van der Waals surface area contributed by atoms with E-state index in [1.807, 2.05) is 18.5 Å². The maximum atomic E-state index is 12.6. The van der Waals surface area contributed by atoms with Crippen LogP contribution in [0.1, 0.15) is 37.2 Å². The van der Waals surface area contributed by atoms with Crippen molar-refractivity contribution < 1.29 is 17.9 Å². The first-order valence-electron chi connectivity index (χ1n) is 10.2. The molecule has 0 radical (unpaired) electrons. The van der Waals surface area contributed by atoms with E-state index in [1.165, 1.54) is 12.3 Å². The van der Waals surface area contributed by atoms with Crippen molar-refractivity contribution in [3.63, 3.8) is 0 Å². The van der Waals surface area contributed by atoms with E-state index in [-0.39, 0.29) is 10.8 Å². The maximum absolute atomic E-state index is 12.6. The van der Waals surface area contributed by atoms with E-state index in [0.717, 1.165) is 23.5 Å². The molecule has 0 saturated carbocycles. The molecule has 1 aromatic heterocycles. The summed E-state index contributed by atoms with van der Waals surface area (Å²) in [6.07, 6.45) is 2.15. The summed E-state index contributed by atoms with van der Waals surface area (Å²) < 4.78 is 30.9. The van der Waals surface area contributed by atoms with Crippen molar-refractivity contribution >= 4 is 15.7 Å². The SMILES string of the molecule is Cc1nn(CC(C)C)c(C)c1CC(=O)N(C)CCCOc1cccc(S(C)(=O)=O)c1. The summed E-state index contributed by atoms with van der Waals surface area (Å²) >= 11 is 0. The largest absolute Gasteiger partial charge is 0.493 e. The zero-order chi connectivity index (χ0) is 22.5. The molecule has 0 aliphatic heterocycles. The monoisotopic (exact) mass is 435 g/mol. The first kappa shape index (κ1) is 23.9. The van der Waals surface area contributed by atoms with Gasteiger partial charge < -0.3 is 9.64 Å². The number of amides is 1. The number of sulfone groups is 1. The number of hydrogen-bond donors (Lipinski definition) is 0. The van der Waals surface area contributed by atoms with Gasteiger partial charge in [-0.25, -0.2) is 8.42 Å². The number of nitrogens with zero attached hydrogens (tertiary/aromatic N) is 3. The van der Waals surface area contributed by atoms with Crippen LogP contribution in [0.25, 0.3) is 0 Å². The molecular formula is C22H33N3O4S. The van der Waals surface area contributed by atoms with Crippen LogP contribution in [0.2, 0.25) is 0 Å². The van der Waals surface area contributed by atoms with Gasteiger partial charge in [0.1, 0.15) is 5.75 Å². The van der Waals surface area contributed by atoms with E-state index in [0.29, 0.717) is 37.7 Å². The summed E-state index contributed by atoms with van der Waals surface area (Å²) in [7, 11) is -1.47. The van der Waals surface area contributed by atoms with Crippen LogP contribution in [0.4, 0.5) is 0 Å². The summed E-state index contributed by atoms with van der Waals surface area (Å²) in [5.41, 5.74) is 2.96. The van der Waals surface area contributed by atoms with Crippen molar-refractivity contribution in [2.45, 2.75) is 52.0 Å². The highest BCUT2D eigenvalue weighted by molar-refractivity contribution is 7.90. The Labute approximate surface area is 180 Å². The molecule has 0 N–H and O–H groups in total. The number of aryl methyl sites for hydroxylation is 1. The van der Waals surface area contributed by atoms with Gasteiger partial charge in [-0.2, -0.15) is 5.10 Å². The molecule has 0 aliphatic carbocycles. The van der Waals surface area contributed by atoms with Crippen LogP contribution in [0.3, 0.4) is 0 Å². The molecule has 0 saturated heterocycles. The van der Waals surface area contributed by atoms with Crippen molar-refractivity contribution in [3.8, 4) is 5.75 Å². The van der Waals surface area contributed by atoms with E-state index in [4.69, 9.17) is 4.74 Å². The fourth-order valence-electron chi connectivity index (χ4n) is 3.21. The van der Waals surface area contributed by atoms with Crippen molar-refractivity contribution in [3.05, 3.63) is 41.2 Å². The number of likely N-dealkylation sites (N-methyl/N-ethyl adjacent to an activating group) is 1. The molecule has 2 rings (SSSR count). The summed E-state index contributed by atoms with van der Waals surface area (Å²) in [5.74, 6) is 1.05. The molecular weight excluding hydrogens is 402 g/mol. The van der Waals surface area contributed by atoms with Crippen LogP contribution in [0, 0.1) is 19.8 Å². The molecule has 0 fully saturated rings. The summed E-state index contributed by atoms with van der Waals surface area (Å²) in [5, 5.41) is 4.58. The average Bonchev–Trinajstić information content (AvgIpc) is 2.91. The number of carbonyl (C=O) groups excluding carboxylic acids is 1. The van der Waals surface area contributed by atoms with Crippen molar-refractivity contribution in [2.75, 3.05) is 26.5 Å². The van der Waals surface area contributed by atoms with Crippen LogP contribution < -0.4 is 4.74 Å². The van der Waals surface area contributed by atoms with E-state index < -0.39 is 9.84 Å². The standard InChI is InChI=1S/C22H33N3O4S/c1-16(2)15-25-18(4)21(17(3)23-25)14-22(26)24(5)11-8-12-29-19-9-7-10-20(13-19)30(6,27)28/h7,9-10,13,16H,8,11-12,14-15H2,1-6H3. The highest BCUT2D eigenvalue weighted by Gasteiger charge is 2.18. The molecule has 166 valence electrons. The van der Waals surface area contributed by atoms with Crippen LogP contribution >= 0.6 is 0 Å². The average molecular weight is 436 g/mol. The number of ether oxygens (including phenoxy) is 1. The maximum Gasteiger partial charge on any atom is 0.226 e. The number of benzene rings is 1. The molecule has 30 heavy (non-hydrogen) atoms. The second-order valence-electron chi connectivity index (χ2n) is 8.17. The second-order valence-corrected chi connectivity index (χ2v) is 10.2. The molecule has 0 aliphatic rings. The number of hydrogen-bond acceptors (Lipinski definition) is 5. The van der Waals surface area contributed by atoms with Gasteiger partial charge in [0.15, 0.2) is 9.84 Å². The van der Waals surface area contributed by atoms with Crippen molar-refractivity contribution in [1.82, 2.24) is 14.7 Å². The Morgan fingerprint density at radius 1 is 1.27 bits per heavy atom. The molecule has 0 unspecified atom stereocenters. The normalized spacial score (nSPS) is 11.7. The predicted molar refractivity (Wildman–Crippen MR) is 118 cm³/mol. The third kappa shape index (κ3) is 6.58. The molecule has 8 heteroatoms. The first-order valence-corrected chi connectivity index (χ1v) is 12.1. The Hall–Kier alpha value is -2.35. The topological polar surface area (TPSA) is 81.5 Å². The Morgan fingerprint density at radius 2 is 1.97 bits per heavy atom. The van der Waals surface area contributed by atoms with Crippen LogP contribution in [0.15, 0.2) is 29.2 Å². The fourth-order valence-corrected chi connectivity index (χ4v) is 3.87. The van der Waals surface area contributed by atoms with Crippen LogP contribution in [-0.2, 0) is 27.6 Å². The van der Waals surface area contributed by atoms with Gasteiger partial charge >= 0.3 is 0 Å². The number of rotatable bonds is 10. The minimum atomic E-state index is -3.26. The molecule has 1 amide bonds. The molecule has 0 bridgehead atoms. The third-order valence-corrected chi connectivity index (χ3v) is 6.07. The van der Waals surface area contributed by atoms with Gasteiger partial charge in [0.05, 0.1) is 23.6 Å². The highest BCUT2D eigenvalue weighted by Crippen LogP contribution is 2.18. The van der Waals surface area contributed by atoms with Gasteiger partial charge in [0, 0.05) is 37.7 Å². The molecule has 0 atom stereocenters. The lowest BCUT2D eigenvalue weighted by atomic mass is 10.1. The highest BCUT2D eigenvalue weighted by atomic mass is 32.2. The molecule has 0 spiro atoms. The Morgan fingerprint density at radius 3 is 2.60 bits per heavy atom. The Balaban J connectivity index is 1.85. The minimum Gasteiger partial charge on any atom is -0.493 e. The van der Waals surface area contributed by atoms with E-state index in [9.17, 15) is 13.2 Å². The molecule has 1 aromatic carbocycles. The smallest absolute Gasteiger partial charge is 0.226 e. The van der Waals surface area contributed by atoms with Crippen molar-refractivity contribution in [1.29, 1.82) is 0 Å². The Bertz CT molecular complexity index is 980. The lowest BCUT2D eigenvalue weighted by Crippen LogP contribution is -2.30. The van der Waals surface area contributed by atoms with Gasteiger partial charge in [-0.15, -0.1) is 0 Å². The van der Waals surface area contributed by atoms with Gasteiger partial charge in [0.25, 0.3) is 0 Å². The lowest BCUT2D eigenvalue weighted by Gasteiger charge is -2.17. The van der Waals surface area contributed by atoms with Crippen molar-refractivity contribution in [2.24, 2.45) is 5.92 Å². The predicted octanol–water partition coefficient (Wildman–Crippen LogP) is 3.03. The zero-order valence-electron chi connectivity index (χ0n) is 18.8. The van der Waals surface area contributed by atoms with Crippen LogP contribution in [0.5, 0.6) is 5.75 Å². The van der Waals surface area contributed by atoms with Gasteiger partial charge in [0.2, 0.25) is 5.91 Å². The van der Waals surface area contributed by atoms with E-state index >= 15 is 0 Å². The number of carbonyl (C=O) groups is 1. The second kappa shape index (κ2) is 10.1. The summed E-state index contributed by atoms with van der Waals surface area (Å²) in [4.78, 5) is 14.6. The minimum absolute atomic E-state index is 0.0457. The van der Waals surface area contributed by atoms with Gasteiger partial charge in [-0.05, 0) is 44.4 Å². The molecule has 2 aromatic rings. The molecule has 1 heterocycles. The molecule has 7 nitrogen and oxygen atoms in total. The van der Waals surface area contributed by atoms with Crippen LogP contribution in [-0.4, -0.2) is 55.5 Å². The van der Waals surface area contributed by atoms with E-state index in [1.54, 1.807) is 30.1 Å². The summed E-state index contributed by atoms with van der Waals surface area (Å²) in [6, 6.07) is 6.45. The lowest BCUT2D eigenvalue weighted by molar-refractivity contribution is -0.129. The van der Waals surface area contributed by atoms with Gasteiger partial charge in [-0.1, -0.05) is 19.9 Å². The fraction of sp³-hybridized carbons (Fsp3) is 0.545.